The Hall–Kier alpha value is -2.80. The number of fused-ring (bicyclic) bond motifs is 1. The van der Waals surface area contributed by atoms with Crippen molar-refractivity contribution >= 4 is 43.6 Å². The van der Waals surface area contributed by atoms with Gasteiger partial charge in [-0.05, 0) is 36.4 Å². The second kappa shape index (κ2) is 8.62. The van der Waals surface area contributed by atoms with Gasteiger partial charge in [0.1, 0.15) is 11.9 Å². The molecule has 0 aliphatic carbocycles. The number of halogens is 4. The number of hydrogen-bond acceptors (Lipinski definition) is 5. The smallest absolute Gasteiger partial charge is 0.416 e. The first-order valence-corrected chi connectivity index (χ1v) is 11.2. The second-order valence-electron chi connectivity index (χ2n) is 6.88. The lowest BCUT2D eigenvalue weighted by atomic mass is 10.0. The van der Waals surface area contributed by atoms with Crippen molar-refractivity contribution < 1.29 is 46.1 Å². The van der Waals surface area contributed by atoms with Gasteiger partial charge in [-0.3, -0.25) is 13.9 Å². The molecule has 2 aromatic carbocycles. The number of carbonyl (C=O) groups is 2. The number of aliphatic carboxylic acids is 2. The predicted molar refractivity (Wildman–Crippen MR) is 108 cm³/mol. The zero-order valence-corrected chi connectivity index (χ0v) is 18.3. The number of alkyl halides is 3. The average Bonchev–Trinajstić information content (AvgIpc) is 2.70. The van der Waals surface area contributed by atoms with Crippen molar-refractivity contribution in [3.05, 3.63) is 52.5 Å². The molecule has 0 radical (unpaired) electrons. The van der Waals surface area contributed by atoms with E-state index in [1.807, 2.05) is 0 Å². The van der Waals surface area contributed by atoms with Crippen LogP contribution in [0.5, 0.6) is 5.75 Å². The monoisotopic (exact) mass is 537 g/mol. The first kappa shape index (κ1) is 23.9. The molecule has 1 aliphatic heterocycles. The van der Waals surface area contributed by atoms with E-state index in [4.69, 9.17) is 14.9 Å². The fraction of sp³-hybridized carbons (Fsp3) is 0.263. The lowest BCUT2D eigenvalue weighted by molar-refractivity contribution is -0.155. The summed E-state index contributed by atoms with van der Waals surface area (Å²) in [5.74, 6) is -5.12. The Labute approximate surface area is 188 Å². The highest BCUT2D eigenvalue weighted by atomic mass is 79.9. The van der Waals surface area contributed by atoms with Crippen LogP contribution in [-0.4, -0.2) is 43.2 Å². The van der Waals surface area contributed by atoms with Crippen LogP contribution < -0.4 is 9.04 Å². The van der Waals surface area contributed by atoms with Gasteiger partial charge in [0.2, 0.25) is 0 Å². The maximum atomic E-state index is 13.3. The van der Waals surface area contributed by atoms with Gasteiger partial charge in [0.25, 0.3) is 10.0 Å². The van der Waals surface area contributed by atoms with Crippen molar-refractivity contribution in [3.8, 4) is 5.75 Å². The first-order chi connectivity index (χ1) is 14.8. The summed E-state index contributed by atoms with van der Waals surface area (Å²) in [5.41, 5.74) is -1.15. The van der Waals surface area contributed by atoms with E-state index >= 15 is 0 Å². The van der Waals surface area contributed by atoms with Gasteiger partial charge in [0, 0.05) is 10.9 Å². The van der Waals surface area contributed by atoms with E-state index < -0.39 is 63.6 Å². The Kier molecular flexibility index (Phi) is 6.43. The summed E-state index contributed by atoms with van der Waals surface area (Å²) in [6.45, 7) is -0.501. The Bertz CT molecular complexity index is 1160. The lowest BCUT2D eigenvalue weighted by Gasteiger charge is -2.36. The van der Waals surface area contributed by atoms with E-state index in [2.05, 4.69) is 15.9 Å². The third-order valence-corrected chi connectivity index (χ3v) is 6.97. The highest BCUT2D eigenvalue weighted by molar-refractivity contribution is 9.10. The number of carboxylic acids is 2. The minimum atomic E-state index is -4.77. The topological polar surface area (TPSA) is 121 Å². The molecule has 13 heteroatoms. The zero-order chi connectivity index (χ0) is 23.8. The number of nitrogens with zero attached hydrogens (tertiary/aromatic N) is 1. The summed E-state index contributed by atoms with van der Waals surface area (Å²) in [7, 11) is -4.55. The molecule has 2 N–H and O–H groups in total. The zero-order valence-electron chi connectivity index (χ0n) is 15.9. The van der Waals surface area contributed by atoms with Crippen molar-refractivity contribution in [3.63, 3.8) is 0 Å². The summed E-state index contributed by atoms with van der Waals surface area (Å²) < 4.78 is 72.8. The molecule has 0 spiro atoms. The fourth-order valence-corrected chi connectivity index (χ4v) is 5.06. The summed E-state index contributed by atoms with van der Waals surface area (Å²) in [4.78, 5) is 21.9. The first-order valence-electron chi connectivity index (χ1n) is 8.92. The van der Waals surface area contributed by atoms with Gasteiger partial charge in [0.05, 0.1) is 22.7 Å². The van der Waals surface area contributed by atoms with Gasteiger partial charge < -0.3 is 14.9 Å². The highest BCUT2D eigenvalue weighted by Crippen LogP contribution is 2.40. The van der Waals surface area contributed by atoms with Crippen molar-refractivity contribution in [1.82, 2.24) is 0 Å². The van der Waals surface area contributed by atoms with E-state index in [1.165, 1.54) is 18.2 Å². The van der Waals surface area contributed by atoms with Crippen LogP contribution in [0, 0.1) is 5.92 Å². The summed E-state index contributed by atoms with van der Waals surface area (Å²) in [6, 6.07) is 7.47. The third-order valence-electron chi connectivity index (χ3n) is 4.70. The standard InChI is InChI=1S/C19H15BrF3NO7S/c20-11-4-5-16-15(7-11)24(9-12(31-16)8-14(17(25)26)18(27)28)32(29,30)13-3-1-2-10(6-13)19(21,22)23/h1-7,12,14H,8-9H2,(H,25,26)(H,27,28)/t12-/m0/s1. The largest absolute Gasteiger partial charge is 0.486 e. The number of ether oxygens (including phenoxy) is 1. The number of rotatable bonds is 6. The molecule has 8 nitrogen and oxygen atoms in total. The van der Waals surface area contributed by atoms with E-state index in [0.717, 1.165) is 22.5 Å². The van der Waals surface area contributed by atoms with Crippen LogP contribution in [0.2, 0.25) is 0 Å². The molecule has 32 heavy (non-hydrogen) atoms. The number of anilines is 1. The van der Waals surface area contributed by atoms with Gasteiger partial charge in [-0.1, -0.05) is 22.0 Å². The van der Waals surface area contributed by atoms with Crippen LogP contribution in [0.4, 0.5) is 18.9 Å². The van der Waals surface area contributed by atoms with Crippen LogP contribution in [0.3, 0.4) is 0 Å². The molecule has 2 aromatic rings. The molecule has 0 saturated heterocycles. The number of sulfonamides is 1. The minimum Gasteiger partial charge on any atom is -0.486 e. The molecule has 0 fully saturated rings. The normalized spacial score (nSPS) is 16.4. The lowest BCUT2D eigenvalue weighted by Crippen LogP contribution is -2.45. The highest BCUT2D eigenvalue weighted by Gasteiger charge is 2.39. The van der Waals surface area contributed by atoms with Gasteiger partial charge >= 0.3 is 18.1 Å². The molecule has 1 heterocycles. The van der Waals surface area contributed by atoms with E-state index in [1.54, 1.807) is 0 Å². The maximum absolute atomic E-state index is 13.3. The van der Waals surface area contributed by atoms with Crippen molar-refractivity contribution in [2.24, 2.45) is 5.92 Å². The van der Waals surface area contributed by atoms with Crippen molar-refractivity contribution in [2.45, 2.75) is 23.6 Å². The Morgan fingerprint density at radius 3 is 2.41 bits per heavy atom. The molecule has 3 rings (SSSR count). The Morgan fingerprint density at radius 1 is 1.16 bits per heavy atom. The molecule has 1 aliphatic rings. The van der Waals surface area contributed by atoms with Crippen LogP contribution >= 0.6 is 15.9 Å². The summed E-state index contributed by atoms with van der Waals surface area (Å²) >= 11 is 3.19. The molecule has 0 amide bonds. The van der Waals surface area contributed by atoms with E-state index in [0.29, 0.717) is 10.5 Å². The van der Waals surface area contributed by atoms with E-state index in [-0.39, 0.29) is 11.4 Å². The minimum absolute atomic E-state index is 0.00882. The third kappa shape index (κ3) is 4.83. The molecule has 0 bridgehead atoms. The molecular formula is C19H15BrF3NO7S. The van der Waals surface area contributed by atoms with Gasteiger partial charge in [0.15, 0.2) is 5.92 Å². The van der Waals surface area contributed by atoms with Crippen LogP contribution in [0.15, 0.2) is 51.8 Å². The van der Waals surface area contributed by atoms with Crippen LogP contribution in [0.1, 0.15) is 12.0 Å². The molecule has 172 valence electrons. The number of hydrogen-bond donors (Lipinski definition) is 2. The number of carboxylic acid groups (broad SMARTS) is 2. The quantitative estimate of drug-likeness (QED) is 0.540. The average molecular weight is 538 g/mol. The van der Waals surface area contributed by atoms with Crippen LogP contribution in [0.25, 0.3) is 0 Å². The Balaban J connectivity index is 2.06. The predicted octanol–water partition coefficient (Wildman–Crippen LogP) is 3.60. The van der Waals surface area contributed by atoms with E-state index in [9.17, 15) is 31.2 Å². The van der Waals surface area contributed by atoms with Gasteiger partial charge in [-0.25, -0.2) is 8.42 Å². The van der Waals surface area contributed by atoms with Crippen molar-refractivity contribution in [1.29, 1.82) is 0 Å². The summed E-state index contributed by atoms with van der Waals surface area (Å²) in [6.07, 6.45) is -6.51. The van der Waals surface area contributed by atoms with Crippen molar-refractivity contribution in [2.75, 3.05) is 10.8 Å². The molecule has 0 saturated carbocycles. The van der Waals surface area contributed by atoms with Crippen LogP contribution in [-0.2, 0) is 25.8 Å². The Morgan fingerprint density at radius 2 is 1.81 bits per heavy atom. The number of benzene rings is 2. The van der Waals surface area contributed by atoms with Gasteiger partial charge in [-0.2, -0.15) is 13.2 Å². The molecule has 0 unspecified atom stereocenters. The fourth-order valence-electron chi connectivity index (χ4n) is 3.17. The summed E-state index contributed by atoms with van der Waals surface area (Å²) in [5, 5.41) is 18.3. The SMILES string of the molecule is O=C(O)C(C[C@H]1CN(S(=O)(=O)c2cccc(C(F)(F)F)c2)c2cc(Br)ccc2O1)C(=O)O. The molecule has 0 aromatic heterocycles. The molecule has 1 atom stereocenters. The second-order valence-corrected chi connectivity index (χ2v) is 9.66. The molecular weight excluding hydrogens is 523 g/mol. The maximum Gasteiger partial charge on any atom is 0.416 e. The van der Waals surface area contributed by atoms with Gasteiger partial charge in [-0.15, -0.1) is 0 Å².